The van der Waals surface area contributed by atoms with Gasteiger partial charge in [0.2, 0.25) is 12.8 Å². The largest absolute Gasteiger partial charge is 0.511 e. The molecule has 0 radical (unpaired) electrons. The maximum atomic E-state index is 15.1. The average molecular weight is 586 g/mol. The van der Waals surface area contributed by atoms with Crippen LogP contribution in [0.5, 0.6) is 0 Å². The molecule has 12 heteroatoms. The number of nitrogens with zero attached hydrogens (tertiary/aromatic N) is 6. The van der Waals surface area contributed by atoms with Crippen molar-refractivity contribution in [1.29, 1.82) is 0 Å². The fraction of sp³-hybridized carbons (Fsp3) is 0.448. The number of aromatic nitrogens is 1. The molecule has 1 aromatic rings. The van der Waals surface area contributed by atoms with E-state index in [4.69, 9.17) is 16.6 Å². The van der Waals surface area contributed by atoms with Gasteiger partial charge in [-0.25, -0.2) is 9.37 Å². The number of rotatable bonds is 13. The molecule has 3 unspecified atom stereocenters. The van der Waals surface area contributed by atoms with E-state index in [2.05, 4.69) is 26.9 Å². The van der Waals surface area contributed by atoms with Crippen LogP contribution in [0.4, 0.5) is 10.2 Å². The van der Waals surface area contributed by atoms with Crippen molar-refractivity contribution in [3.63, 3.8) is 0 Å². The maximum absolute atomic E-state index is 15.1. The minimum absolute atomic E-state index is 0.00336. The number of carbonyl (C=O) groups is 2. The quantitative estimate of drug-likeness (QED) is 0.153. The Bertz CT molecular complexity index is 1290. The molecule has 0 saturated heterocycles. The second kappa shape index (κ2) is 14.7. The van der Waals surface area contributed by atoms with E-state index < -0.39 is 12.0 Å². The summed E-state index contributed by atoms with van der Waals surface area (Å²) in [6.07, 6.45) is 7.90. The second-order valence-corrected chi connectivity index (χ2v) is 10.5. The first-order valence-corrected chi connectivity index (χ1v) is 13.9. The number of nitrogens with one attached hydrogen (secondary N) is 1. The lowest BCUT2D eigenvalue weighted by atomic mass is 9.98. The normalized spacial score (nSPS) is 19.6. The van der Waals surface area contributed by atoms with Gasteiger partial charge in [0.15, 0.2) is 6.17 Å². The van der Waals surface area contributed by atoms with E-state index in [1.807, 2.05) is 25.7 Å². The van der Waals surface area contributed by atoms with Crippen LogP contribution in [-0.4, -0.2) is 84.5 Å². The summed E-state index contributed by atoms with van der Waals surface area (Å²) in [6.45, 7) is 10.5. The van der Waals surface area contributed by atoms with Gasteiger partial charge >= 0.3 is 0 Å². The van der Waals surface area contributed by atoms with Crippen LogP contribution >= 0.6 is 11.6 Å². The Kier molecular flexibility index (Phi) is 11.3. The lowest BCUT2D eigenvalue weighted by Gasteiger charge is -2.36. The molecule has 0 fully saturated rings. The van der Waals surface area contributed by atoms with Crippen molar-refractivity contribution in [2.24, 2.45) is 20.9 Å². The summed E-state index contributed by atoms with van der Waals surface area (Å²) in [4.78, 5) is 45.6. The summed E-state index contributed by atoms with van der Waals surface area (Å²) in [7, 11) is 1.60. The SMILES string of the molecule is C=CCCN(/C(=N/C)c1cc(Cl)c(C2=C(O)CCC=C2F)nc1N(C=O)C1N=CC=NC1C(C)C)C(C)CNC=O. The first-order chi connectivity index (χ1) is 19.7. The van der Waals surface area contributed by atoms with Gasteiger partial charge in [-0.2, -0.15) is 0 Å². The number of aliphatic hydroxyl groups is 1. The Morgan fingerprint density at radius 1 is 1.32 bits per heavy atom. The molecule has 10 nitrogen and oxygen atoms in total. The smallest absolute Gasteiger partial charge is 0.217 e. The molecule has 3 rings (SSSR count). The third kappa shape index (κ3) is 7.08. The summed E-state index contributed by atoms with van der Waals surface area (Å²) in [5.41, 5.74) is 0.270. The van der Waals surface area contributed by atoms with Crippen LogP contribution in [0.15, 0.2) is 51.4 Å². The highest BCUT2D eigenvalue weighted by Gasteiger charge is 2.35. The first kappa shape index (κ1) is 31.7. The van der Waals surface area contributed by atoms with E-state index in [0.717, 1.165) is 0 Å². The highest BCUT2D eigenvalue weighted by Crippen LogP contribution is 2.39. The zero-order valence-corrected chi connectivity index (χ0v) is 24.6. The van der Waals surface area contributed by atoms with Gasteiger partial charge in [-0.3, -0.25) is 29.5 Å². The van der Waals surface area contributed by atoms with Crippen molar-refractivity contribution < 1.29 is 19.1 Å². The third-order valence-corrected chi connectivity index (χ3v) is 7.24. The number of halogens is 2. The topological polar surface area (TPSA) is 123 Å². The fourth-order valence-electron chi connectivity index (χ4n) is 4.88. The van der Waals surface area contributed by atoms with Gasteiger partial charge in [0.05, 0.1) is 27.9 Å². The standard InChI is InChI=1S/C29H37ClFN7O3/c1-6-7-13-37(19(4)15-33-16-39)27(32-5)20-14-21(30)26(24-22(31)9-8-10-23(24)41)36-28(20)38(17-40)29-25(18(2)3)34-11-12-35-29/h6,9,11-12,14,16-19,25,29,41H,1,7-8,10,13,15H2,2-5H3,(H,33,39)/b32-27+. The number of amides is 2. The monoisotopic (exact) mass is 585 g/mol. The van der Waals surface area contributed by atoms with E-state index in [0.29, 0.717) is 50.2 Å². The molecule has 2 N–H and O–H groups in total. The van der Waals surface area contributed by atoms with E-state index in [9.17, 15) is 14.7 Å². The Balaban J connectivity index is 2.30. The number of carbonyl (C=O) groups excluding carboxylic acids is 2. The van der Waals surface area contributed by atoms with E-state index in [1.165, 1.54) is 17.2 Å². The number of amidine groups is 1. The predicted molar refractivity (Wildman–Crippen MR) is 163 cm³/mol. The first-order valence-electron chi connectivity index (χ1n) is 13.5. The van der Waals surface area contributed by atoms with Gasteiger partial charge in [-0.1, -0.05) is 31.5 Å². The van der Waals surface area contributed by atoms with Gasteiger partial charge < -0.3 is 15.3 Å². The number of allylic oxidation sites excluding steroid dienone is 4. The van der Waals surface area contributed by atoms with Crippen LogP contribution in [-0.2, 0) is 9.59 Å². The fourth-order valence-corrected chi connectivity index (χ4v) is 5.13. The van der Waals surface area contributed by atoms with Crippen LogP contribution in [0.3, 0.4) is 0 Å². The molecular formula is C29H37ClFN7O3. The zero-order chi connectivity index (χ0) is 30.1. The van der Waals surface area contributed by atoms with Gasteiger partial charge in [0, 0.05) is 45.0 Å². The molecule has 0 spiro atoms. The minimum atomic E-state index is -0.749. The van der Waals surface area contributed by atoms with E-state index in [1.54, 1.807) is 25.4 Å². The average Bonchev–Trinajstić information content (AvgIpc) is 2.95. The Hall–Kier alpha value is -3.86. The molecule has 3 atom stereocenters. The molecule has 2 aliphatic rings. The third-order valence-electron chi connectivity index (χ3n) is 6.95. The molecule has 2 heterocycles. The van der Waals surface area contributed by atoms with Crippen molar-refractivity contribution in [2.75, 3.05) is 25.0 Å². The molecule has 0 aromatic carbocycles. The van der Waals surface area contributed by atoms with Crippen molar-refractivity contribution in [3.05, 3.63) is 52.7 Å². The Labute approximate surface area is 245 Å². The van der Waals surface area contributed by atoms with E-state index >= 15 is 4.39 Å². The molecule has 1 aliphatic carbocycles. The lowest BCUT2D eigenvalue weighted by Crippen LogP contribution is -2.48. The van der Waals surface area contributed by atoms with Crippen LogP contribution in [0, 0.1) is 5.92 Å². The van der Waals surface area contributed by atoms with Crippen molar-refractivity contribution in [2.45, 2.75) is 58.3 Å². The molecule has 2 amide bonds. The van der Waals surface area contributed by atoms with Crippen molar-refractivity contribution in [1.82, 2.24) is 15.2 Å². The number of aliphatic hydroxyl groups excluding tert-OH is 1. The van der Waals surface area contributed by atoms with Gasteiger partial charge in [-0.15, -0.1) is 6.58 Å². The highest BCUT2D eigenvalue weighted by molar-refractivity contribution is 6.33. The summed E-state index contributed by atoms with van der Waals surface area (Å²) in [5, 5.41) is 13.4. The number of aliphatic imine (C=N–C) groups is 3. The number of hydrogen-bond donors (Lipinski definition) is 2. The van der Waals surface area contributed by atoms with Crippen LogP contribution < -0.4 is 10.2 Å². The molecule has 41 heavy (non-hydrogen) atoms. The van der Waals surface area contributed by atoms with Gasteiger partial charge in [-0.05, 0) is 37.8 Å². The summed E-state index contributed by atoms with van der Waals surface area (Å²) in [5.74, 6) is -0.235. The molecule has 1 aromatic heterocycles. The number of pyridine rings is 1. The predicted octanol–water partition coefficient (Wildman–Crippen LogP) is 4.51. The highest BCUT2D eigenvalue weighted by atomic mass is 35.5. The molecule has 0 bridgehead atoms. The minimum Gasteiger partial charge on any atom is -0.511 e. The summed E-state index contributed by atoms with van der Waals surface area (Å²) >= 11 is 6.74. The summed E-state index contributed by atoms with van der Waals surface area (Å²) in [6, 6.07) is 0.967. The Morgan fingerprint density at radius 2 is 2.05 bits per heavy atom. The number of hydrogen-bond acceptors (Lipinski definition) is 7. The molecule has 1 aliphatic heterocycles. The van der Waals surface area contributed by atoms with Gasteiger partial charge in [0.1, 0.15) is 23.2 Å². The summed E-state index contributed by atoms with van der Waals surface area (Å²) < 4.78 is 15.1. The van der Waals surface area contributed by atoms with Crippen molar-refractivity contribution >= 4 is 54.1 Å². The molecule has 0 saturated carbocycles. The van der Waals surface area contributed by atoms with Crippen LogP contribution in [0.25, 0.3) is 5.57 Å². The van der Waals surface area contributed by atoms with Crippen molar-refractivity contribution in [3.8, 4) is 0 Å². The zero-order valence-electron chi connectivity index (χ0n) is 23.8. The number of anilines is 1. The molecular weight excluding hydrogens is 549 g/mol. The maximum Gasteiger partial charge on any atom is 0.217 e. The van der Waals surface area contributed by atoms with E-state index in [-0.39, 0.29) is 52.3 Å². The lowest BCUT2D eigenvalue weighted by molar-refractivity contribution is -0.110. The van der Waals surface area contributed by atoms with Crippen LogP contribution in [0.2, 0.25) is 5.02 Å². The Morgan fingerprint density at radius 3 is 2.66 bits per heavy atom. The van der Waals surface area contributed by atoms with Gasteiger partial charge in [0.25, 0.3) is 0 Å². The van der Waals surface area contributed by atoms with Crippen LogP contribution in [0.1, 0.15) is 51.3 Å². The molecule has 220 valence electrons. The second-order valence-electron chi connectivity index (χ2n) is 10.1.